The number of nitrogens with zero attached hydrogens (tertiary/aromatic N) is 5. The number of aromatic amines is 1. The van der Waals surface area contributed by atoms with E-state index in [4.69, 9.17) is 4.74 Å². The van der Waals surface area contributed by atoms with Crippen LogP contribution in [-0.4, -0.2) is 77.9 Å². The lowest BCUT2D eigenvalue weighted by Gasteiger charge is -2.56. The van der Waals surface area contributed by atoms with Crippen LogP contribution < -0.4 is 19.7 Å². The number of pyridine rings is 2. The number of aromatic nitrogens is 3. The predicted octanol–water partition coefficient (Wildman–Crippen LogP) is 6.86. The highest BCUT2D eigenvalue weighted by Gasteiger charge is 2.47. The van der Waals surface area contributed by atoms with Gasteiger partial charge in [0.25, 0.3) is 15.9 Å². The number of anilines is 2. The topological polar surface area (TPSA) is 176 Å². The maximum Gasteiger partial charge on any atom is 0.312 e. The molecule has 2 aliphatic heterocycles. The van der Waals surface area contributed by atoms with Gasteiger partial charge in [0.15, 0.2) is 0 Å². The van der Waals surface area contributed by atoms with Crippen molar-refractivity contribution < 1.29 is 22.9 Å². The van der Waals surface area contributed by atoms with Crippen molar-refractivity contribution in [3.8, 4) is 11.5 Å². The highest BCUT2D eigenvalue weighted by molar-refractivity contribution is 7.90. The lowest BCUT2D eigenvalue weighted by molar-refractivity contribution is -0.384. The van der Waals surface area contributed by atoms with Gasteiger partial charge in [0.2, 0.25) is 5.82 Å². The SMILES string of the molecule is C[C@H]1CC[C@@H](CNc2ncc(S(=O)(=O)NC(=O)c3ccc(N4CCC5(CC4)CN(C4CCCC4)C5)cc3Oc3cnc4[nH]ccc4c3)cc2[N+](=O)[O-])CC1. The van der Waals surface area contributed by atoms with Crippen LogP contribution in [0.3, 0.4) is 0 Å². The van der Waals surface area contributed by atoms with Crippen LogP contribution in [0, 0.1) is 27.4 Å². The molecular weight excluding hydrogens is 709 g/mol. The third kappa shape index (κ3) is 7.61. The van der Waals surface area contributed by atoms with Gasteiger partial charge in [0, 0.05) is 68.2 Å². The molecule has 54 heavy (non-hydrogen) atoms. The van der Waals surface area contributed by atoms with Crippen molar-refractivity contribution in [3.63, 3.8) is 0 Å². The van der Waals surface area contributed by atoms with Crippen LogP contribution in [0.5, 0.6) is 11.5 Å². The number of rotatable bonds is 11. The molecule has 4 aromatic rings. The van der Waals surface area contributed by atoms with Crippen LogP contribution in [0.15, 0.2) is 59.9 Å². The van der Waals surface area contributed by atoms with E-state index in [9.17, 15) is 23.3 Å². The standard InChI is InChI=1S/C39H48N8O6S/c1-26-6-8-27(9-7-26)21-41-37-34(47(49)50)20-32(23-43-37)54(51,52)44-38(48)33-11-10-30(19-35(33)53-31-18-28-12-15-40-36(28)42-22-31)45-16-13-39(14-17-45)24-46(25-39)29-4-2-3-5-29/h10-12,15,18-20,22-23,26-27,29H,2-9,13-14,16-17,21,24-25H2,1H3,(H,40,42)(H,41,43)(H,44,48)/t26-,27+. The average Bonchev–Trinajstić information content (AvgIpc) is 3.86. The first-order valence-electron chi connectivity index (χ1n) is 19.2. The predicted molar refractivity (Wildman–Crippen MR) is 205 cm³/mol. The molecule has 2 saturated carbocycles. The summed E-state index contributed by atoms with van der Waals surface area (Å²) in [7, 11) is -4.56. The monoisotopic (exact) mass is 756 g/mol. The van der Waals surface area contributed by atoms with Gasteiger partial charge in [-0.05, 0) is 80.0 Å². The number of H-pyrrole nitrogens is 1. The molecule has 1 amide bonds. The summed E-state index contributed by atoms with van der Waals surface area (Å²) in [5, 5.41) is 15.9. The molecule has 1 aromatic carbocycles. The Kier molecular flexibility index (Phi) is 9.94. The molecule has 286 valence electrons. The maximum atomic E-state index is 13.8. The second-order valence-electron chi connectivity index (χ2n) is 15.9. The summed E-state index contributed by atoms with van der Waals surface area (Å²) in [4.78, 5) is 41.2. The molecule has 2 aliphatic carbocycles. The second-order valence-corrected chi connectivity index (χ2v) is 17.6. The minimum absolute atomic E-state index is 0.00439. The van der Waals surface area contributed by atoms with Crippen LogP contribution in [0.1, 0.15) is 81.5 Å². The van der Waals surface area contributed by atoms with Gasteiger partial charge < -0.3 is 19.9 Å². The fraction of sp³-hybridized carbons (Fsp3) is 0.513. The van der Waals surface area contributed by atoms with Crippen molar-refractivity contribution >= 4 is 44.2 Å². The Balaban J connectivity index is 0.997. The fourth-order valence-corrected chi connectivity index (χ4v) is 9.78. The van der Waals surface area contributed by atoms with Crippen LogP contribution >= 0.6 is 0 Å². The van der Waals surface area contributed by atoms with Gasteiger partial charge in [0.05, 0.1) is 22.9 Å². The summed E-state index contributed by atoms with van der Waals surface area (Å²) < 4.78 is 35.5. The van der Waals surface area contributed by atoms with Crippen LogP contribution in [-0.2, 0) is 10.0 Å². The first-order valence-corrected chi connectivity index (χ1v) is 20.7. The third-order valence-corrected chi connectivity index (χ3v) is 13.5. The molecule has 3 aromatic heterocycles. The second kappa shape index (κ2) is 14.8. The molecule has 0 bridgehead atoms. The molecule has 4 aliphatic rings. The van der Waals surface area contributed by atoms with E-state index in [1.54, 1.807) is 24.4 Å². The molecule has 0 atom stereocenters. The van der Waals surface area contributed by atoms with Gasteiger partial charge in [-0.25, -0.2) is 23.1 Å². The summed E-state index contributed by atoms with van der Waals surface area (Å²) in [5.41, 5.74) is 1.41. The largest absolute Gasteiger partial charge is 0.455 e. The summed E-state index contributed by atoms with van der Waals surface area (Å²) in [6.45, 7) is 6.79. The number of piperidine rings is 1. The van der Waals surface area contributed by atoms with Crippen molar-refractivity contribution in [2.45, 2.75) is 82.1 Å². The zero-order valence-electron chi connectivity index (χ0n) is 30.6. The number of nitrogens with one attached hydrogen (secondary N) is 3. The lowest BCUT2D eigenvalue weighted by atomic mass is 9.71. The molecule has 5 heterocycles. The molecule has 0 radical (unpaired) electrons. The quantitative estimate of drug-likeness (QED) is 0.108. The Morgan fingerprint density at radius 1 is 1.02 bits per heavy atom. The van der Waals surface area contributed by atoms with Crippen molar-refractivity contribution in [3.05, 3.63) is 70.7 Å². The van der Waals surface area contributed by atoms with E-state index >= 15 is 0 Å². The zero-order chi connectivity index (χ0) is 37.5. The summed E-state index contributed by atoms with van der Waals surface area (Å²) in [5.74, 6) is 0.616. The van der Waals surface area contributed by atoms with E-state index in [1.807, 2.05) is 12.1 Å². The van der Waals surface area contributed by atoms with Crippen molar-refractivity contribution in [1.29, 1.82) is 0 Å². The Labute approximate surface area is 315 Å². The van der Waals surface area contributed by atoms with Gasteiger partial charge in [-0.2, -0.15) is 0 Å². The van der Waals surface area contributed by atoms with Crippen molar-refractivity contribution in [2.75, 3.05) is 42.9 Å². The summed E-state index contributed by atoms with van der Waals surface area (Å²) >= 11 is 0. The van der Waals surface area contributed by atoms with E-state index in [2.05, 4.69) is 41.7 Å². The van der Waals surface area contributed by atoms with Crippen LogP contribution in [0.2, 0.25) is 0 Å². The van der Waals surface area contributed by atoms with Crippen molar-refractivity contribution in [2.24, 2.45) is 17.3 Å². The third-order valence-electron chi connectivity index (χ3n) is 12.2. The molecule has 2 saturated heterocycles. The molecular formula is C39H48N8O6S. The van der Waals surface area contributed by atoms with Gasteiger partial charge in [-0.3, -0.25) is 19.8 Å². The molecule has 4 fully saturated rings. The average molecular weight is 757 g/mol. The highest BCUT2D eigenvalue weighted by Crippen LogP contribution is 2.45. The van der Waals surface area contributed by atoms with Crippen LogP contribution in [0.25, 0.3) is 11.0 Å². The molecule has 0 unspecified atom stereocenters. The number of hydrogen-bond acceptors (Lipinski definition) is 11. The number of amides is 1. The molecule has 1 spiro atoms. The van der Waals surface area contributed by atoms with Gasteiger partial charge in [0.1, 0.15) is 22.0 Å². The van der Waals surface area contributed by atoms with Gasteiger partial charge >= 0.3 is 5.69 Å². The van der Waals surface area contributed by atoms with E-state index in [0.717, 1.165) is 81.0 Å². The smallest absolute Gasteiger partial charge is 0.312 e. The number of carbonyl (C=O) groups is 1. The minimum Gasteiger partial charge on any atom is -0.455 e. The molecule has 3 N–H and O–H groups in total. The molecule has 8 rings (SSSR count). The van der Waals surface area contributed by atoms with E-state index in [1.165, 1.54) is 45.0 Å². The first-order chi connectivity index (χ1) is 26.0. The Hall–Kier alpha value is -4.76. The number of nitro groups is 1. The number of ether oxygens (including phenoxy) is 1. The van der Waals surface area contributed by atoms with Gasteiger partial charge in [-0.1, -0.05) is 32.6 Å². The number of hydrogen-bond donors (Lipinski definition) is 3. The summed E-state index contributed by atoms with van der Waals surface area (Å²) in [6.07, 6.45) is 16.0. The van der Waals surface area contributed by atoms with E-state index < -0.39 is 31.4 Å². The van der Waals surface area contributed by atoms with Crippen molar-refractivity contribution in [1.82, 2.24) is 24.6 Å². The Morgan fingerprint density at radius 2 is 1.78 bits per heavy atom. The minimum atomic E-state index is -4.56. The number of likely N-dealkylation sites (tertiary alicyclic amines) is 1. The van der Waals surface area contributed by atoms with Gasteiger partial charge in [-0.15, -0.1) is 0 Å². The van der Waals surface area contributed by atoms with Crippen LogP contribution in [0.4, 0.5) is 17.2 Å². The zero-order valence-corrected chi connectivity index (χ0v) is 31.4. The normalized spacial score (nSPS) is 21.9. The molecule has 14 nitrogen and oxygen atoms in total. The lowest BCUT2D eigenvalue weighted by Crippen LogP contribution is -2.62. The Bertz CT molecular complexity index is 2130. The number of benzene rings is 1. The van der Waals surface area contributed by atoms with E-state index in [-0.39, 0.29) is 17.1 Å². The summed E-state index contributed by atoms with van der Waals surface area (Å²) in [6, 6.07) is 10.5. The first kappa shape index (κ1) is 36.2. The number of sulfonamides is 1. The highest BCUT2D eigenvalue weighted by atomic mass is 32.2. The number of fused-ring (bicyclic) bond motifs is 1. The number of carbonyl (C=O) groups excluding carboxylic acids is 1. The maximum absolute atomic E-state index is 13.8. The fourth-order valence-electron chi connectivity index (χ4n) is 8.85. The Morgan fingerprint density at radius 3 is 2.52 bits per heavy atom. The molecule has 15 heteroatoms. The van der Waals surface area contributed by atoms with E-state index in [0.29, 0.717) is 35.2 Å².